The van der Waals surface area contributed by atoms with E-state index in [9.17, 15) is 14.4 Å². The van der Waals surface area contributed by atoms with Crippen molar-refractivity contribution in [2.75, 3.05) is 0 Å². The van der Waals surface area contributed by atoms with Crippen LogP contribution in [0.4, 0.5) is 0 Å². The van der Waals surface area contributed by atoms with Gasteiger partial charge >= 0.3 is 0 Å². The van der Waals surface area contributed by atoms with Crippen LogP contribution < -0.4 is 5.32 Å². The summed E-state index contributed by atoms with van der Waals surface area (Å²) in [5.41, 5.74) is 2.75. The molecule has 1 fully saturated rings. The summed E-state index contributed by atoms with van der Waals surface area (Å²) in [6, 6.07) is 9.51. The van der Waals surface area contributed by atoms with Crippen LogP contribution in [0.5, 0.6) is 0 Å². The van der Waals surface area contributed by atoms with Crippen LogP contribution in [0.15, 0.2) is 36.5 Å². The van der Waals surface area contributed by atoms with Gasteiger partial charge in [-0.15, -0.1) is 0 Å². The summed E-state index contributed by atoms with van der Waals surface area (Å²) in [5.74, 6) is -0.260. The minimum absolute atomic E-state index is 0.229. The molecule has 2 aromatic heterocycles. The molecule has 6 nitrogen and oxygen atoms in total. The Balaban J connectivity index is 1.82. The number of piperidine rings is 1. The van der Waals surface area contributed by atoms with E-state index < -0.39 is 6.04 Å². The van der Waals surface area contributed by atoms with Crippen molar-refractivity contribution < 1.29 is 14.4 Å². The molecule has 0 bridgehead atoms. The topological polar surface area (TPSA) is 81.1 Å². The molecule has 1 unspecified atom stereocenters. The fourth-order valence-electron chi connectivity index (χ4n) is 3.78. The number of carbonyl (C=O) groups excluding carboxylic acids is 3. The Morgan fingerprint density at radius 2 is 2.11 bits per heavy atom. The lowest BCUT2D eigenvalue weighted by atomic mass is 10.0. The first-order valence-electron chi connectivity index (χ1n) is 9.31. The van der Waals surface area contributed by atoms with Gasteiger partial charge in [-0.1, -0.05) is 13.0 Å². The lowest BCUT2D eigenvalue weighted by molar-refractivity contribution is -0.135. The van der Waals surface area contributed by atoms with Gasteiger partial charge in [0.05, 0.1) is 5.52 Å². The number of nitrogens with one attached hydrogen (secondary N) is 1. The highest BCUT2D eigenvalue weighted by Crippen LogP contribution is 2.34. The normalized spacial score (nSPS) is 17.4. The third-order valence-corrected chi connectivity index (χ3v) is 5.23. The molecule has 0 spiro atoms. The van der Waals surface area contributed by atoms with Crippen LogP contribution in [0, 0.1) is 0 Å². The number of pyridine rings is 1. The predicted octanol–water partition coefficient (Wildman–Crippen LogP) is 3.08. The average molecular weight is 363 g/mol. The van der Waals surface area contributed by atoms with E-state index in [1.807, 2.05) is 35.8 Å². The number of ketones is 1. The SMILES string of the molecule is CCC(=O)CCc1ccc2c(c1)c1cccnc1n2C1CCC(=O)NC1=O. The summed E-state index contributed by atoms with van der Waals surface area (Å²) in [6.45, 7) is 1.88. The second-order valence-corrected chi connectivity index (χ2v) is 6.96. The number of nitrogens with zero attached hydrogens (tertiary/aromatic N) is 2. The summed E-state index contributed by atoms with van der Waals surface area (Å²) in [4.78, 5) is 40.1. The minimum atomic E-state index is -0.454. The quantitative estimate of drug-likeness (QED) is 0.707. The number of benzene rings is 1. The third kappa shape index (κ3) is 3.12. The monoisotopic (exact) mass is 363 g/mol. The highest BCUT2D eigenvalue weighted by molar-refractivity contribution is 6.09. The van der Waals surface area contributed by atoms with Gasteiger partial charge in [0.15, 0.2) is 0 Å². The van der Waals surface area contributed by atoms with Crippen LogP contribution in [-0.4, -0.2) is 27.1 Å². The van der Waals surface area contributed by atoms with Crippen molar-refractivity contribution in [1.29, 1.82) is 0 Å². The first-order chi connectivity index (χ1) is 13.1. The lowest BCUT2D eigenvalue weighted by Gasteiger charge is -2.23. The molecule has 4 rings (SSSR count). The molecule has 1 aromatic carbocycles. The molecule has 3 aromatic rings. The molecular formula is C21H21N3O3. The summed E-state index contributed by atoms with van der Waals surface area (Å²) < 4.78 is 1.94. The summed E-state index contributed by atoms with van der Waals surface area (Å²) in [6.07, 6.45) is 4.29. The molecular weight excluding hydrogens is 342 g/mol. The molecule has 2 amide bonds. The number of amides is 2. The fraction of sp³-hybridized carbons (Fsp3) is 0.333. The van der Waals surface area contributed by atoms with Crippen LogP contribution in [0.2, 0.25) is 0 Å². The van der Waals surface area contributed by atoms with Gasteiger partial charge in [-0.25, -0.2) is 4.98 Å². The molecule has 0 aliphatic carbocycles. The summed E-state index contributed by atoms with van der Waals surface area (Å²) >= 11 is 0. The zero-order valence-corrected chi connectivity index (χ0v) is 15.2. The number of hydrogen-bond donors (Lipinski definition) is 1. The van der Waals surface area contributed by atoms with Crippen molar-refractivity contribution >= 4 is 39.5 Å². The number of imide groups is 1. The van der Waals surface area contributed by atoms with Crippen molar-refractivity contribution in [2.45, 2.75) is 45.1 Å². The van der Waals surface area contributed by atoms with E-state index in [1.54, 1.807) is 6.20 Å². The average Bonchev–Trinajstić information content (AvgIpc) is 3.00. The Morgan fingerprint density at radius 3 is 2.89 bits per heavy atom. The van der Waals surface area contributed by atoms with Gasteiger partial charge in [-0.3, -0.25) is 19.7 Å². The van der Waals surface area contributed by atoms with E-state index in [-0.39, 0.29) is 17.6 Å². The van der Waals surface area contributed by atoms with Gasteiger partial charge in [0.2, 0.25) is 11.8 Å². The molecule has 0 saturated carbocycles. The molecule has 3 heterocycles. The largest absolute Gasteiger partial charge is 0.313 e. The van der Waals surface area contributed by atoms with Crippen LogP contribution in [-0.2, 0) is 20.8 Å². The Hall–Kier alpha value is -3.02. The smallest absolute Gasteiger partial charge is 0.249 e. The van der Waals surface area contributed by atoms with Crippen molar-refractivity contribution in [3.63, 3.8) is 0 Å². The number of aromatic nitrogens is 2. The fourth-order valence-corrected chi connectivity index (χ4v) is 3.78. The molecule has 1 saturated heterocycles. The molecule has 6 heteroatoms. The molecule has 27 heavy (non-hydrogen) atoms. The predicted molar refractivity (Wildman–Crippen MR) is 102 cm³/mol. The van der Waals surface area contributed by atoms with E-state index in [0.717, 1.165) is 27.5 Å². The Morgan fingerprint density at radius 1 is 1.26 bits per heavy atom. The van der Waals surface area contributed by atoms with Crippen LogP contribution >= 0.6 is 0 Å². The number of fused-ring (bicyclic) bond motifs is 3. The highest BCUT2D eigenvalue weighted by Gasteiger charge is 2.30. The number of carbonyl (C=O) groups is 3. The maximum atomic E-state index is 12.4. The highest BCUT2D eigenvalue weighted by atomic mass is 16.2. The van der Waals surface area contributed by atoms with E-state index in [2.05, 4.69) is 16.4 Å². The van der Waals surface area contributed by atoms with Gasteiger partial charge in [0, 0.05) is 36.2 Å². The van der Waals surface area contributed by atoms with Crippen molar-refractivity contribution in [3.05, 3.63) is 42.1 Å². The number of aryl methyl sites for hydroxylation is 1. The second kappa shape index (κ2) is 6.95. The second-order valence-electron chi connectivity index (χ2n) is 6.96. The maximum Gasteiger partial charge on any atom is 0.249 e. The van der Waals surface area contributed by atoms with E-state index in [4.69, 9.17) is 0 Å². The maximum absolute atomic E-state index is 12.4. The number of hydrogen-bond acceptors (Lipinski definition) is 4. The molecule has 138 valence electrons. The van der Waals surface area contributed by atoms with Crippen LogP contribution in [0.3, 0.4) is 0 Å². The van der Waals surface area contributed by atoms with E-state index in [1.165, 1.54) is 0 Å². The van der Waals surface area contributed by atoms with Gasteiger partial charge in [-0.05, 0) is 42.7 Å². The van der Waals surface area contributed by atoms with Crippen LogP contribution in [0.1, 0.15) is 44.2 Å². The van der Waals surface area contributed by atoms with Gasteiger partial charge in [0.25, 0.3) is 0 Å². The van der Waals surface area contributed by atoms with Crippen molar-refractivity contribution in [1.82, 2.24) is 14.9 Å². The van der Waals surface area contributed by atoms with Gasteiger partial charge < -0.3 is 4.57 Å². The Bertz CT molecular complexity index is 1070. The van der Waals surface area contributed by atoms with Crippen LogP contribution in [0.25, 0.3) is 21.9 Å². The zero-order chi connectivity index (χ0) is 19.0. The minimum Gasteiger partial charge on any atom is -0.313 e. The number of rotatable bonds is 5. The number of Topliss-reactive ketones (excluding diaryl/α,β-unsaturated/α-hetero) is 1. The molecule has 0 radical (unpaired) electrons. The van der Waals surface area contributed by atoms with Gasteiger partial charge in [-0.2, -0.15) is 0 Å². The van der Waals surface area contributed by atoms with E-state index >= 15 is 0 Å². The molecule has 1 aliphatic rings. The van der Waals surface area contributed by atoms with Crippen molar-refractivity contribution in [3.8, 4) is 0 Å². The lowest BCUT2D eigenvalue weighted by Crippen LogP contribution is -2.41. The first-order valence-corrected chi connectivity index (χ1v) is 9.31. The first kappa shape index (κ1) is 17.4. The third-order valence-electron chi connectivity index (χ3n) is 5.23. The summed E-state index contributed by atoms with van der Waals surface area (Å²) in [5, 5.41) is 4.42. The molecule has 1 aliphatic heterocycles. The van der Waals surface area contributed by atoms with Crippen molar-refractivity contribution in [2.24, 2.45) is 0 Å². The molecule has 1 N–H and O–H groups in total. The Labute approximate surface area is 156 Å². The Kier molecular flexibility index (Phi) is 4.48. The standard InChI is InChI=1S/C21H21N3O3/c1-2-14(25)7-5-13-6-8-17-16(12-13)15-4-3-11-22-20(15)24(17)18-9-10-19(26)23-21(18)27/h3-4,6,8,11-12,18H,2,5,7,9-10H2,1H3,(H,23,26,27). The van der Waals surface area contributed by atoms with E-state index in [0.29, 0.717) is 32.1 Å². The van der Waals surface area contributed by atoms with Gasteiger partial charge in [0.1, 0.15) is 17.5 Å². The summed E-state index contributed by atoms with van der Waals surface area (Å²) in [7, 11) is 0. The molecule has 1 atom stereocenters. The zero-order valence-electron chi connectivity index (χ0n) is 15.2.